The highest BCUT2D eigenvalue weighted by Crippen LogP contribution is 2.16. The van der Waals surface area contributed by atoms with Crippen LogP contribution in [-0.4, -0.2) is 22.8 Å². The first-order chi connectivity index (χ1) is 11.7. The summed E-state index contributed by atoms with van der Waals surface area (Å²) in [7, 11) is 1.59. The number of carbonyl (C=O) groups is 1. The van der Waals surface area contributed by atoms with Crippen molar-refractivity contribution in [3.63, 3.8) is 0 Å². The Hall–Kier alpha value is -2.79. The zero-order valence-electron chi connectivity index (χ0n) is 13.1. The summed E-state index contributed by atoms with van der Waals surface area (Å²) in [6, 6.07) is 16.2. The van der Waals surface area contributed by atoms with Crippen LogP contribution in [0.15, 0.2) is 60.8 Å². The summed E-state index contributed by atoms with van der Waals surface area (Å²) < 4.78 is 6.82. The lowest BCUT2D eigenvalue weighted by Gasteiger charge is -2.09. The fourth-order valence-electron chi connectivity index (χ4n) is 2.26. The van der Waals surface area contributed by atoms with E-state index >= 15 is 0 Å². The Morgan fingerprint density at radius 3 is 2.50 bits per heavy atom. The van der Waals surface area contributed by atoms with Crippen LogP contribution in [0.5, 0.6) is 5.75 Å². The monoisotopic (exact) mass is 341 g/mol. The highest BCUT2D eigenvalue weighted by Gasteiger charge is 2.10. The molecule has 1 aromatic heterocycles. The number of halogens is 1. The number of nitrogens with one attached hydrogen (secondary N) is 1. The molecule has 2 aromatic carbocycles. The van der Waals surface area contributed by atoms with Crippen LogP contribution in [0.2, 0.25) is 5.02 Å². The molecule has 0 aliphatic carbocycles. The molecule has 0 radical (unpaired) electrons. The number of hydrogen-bond acceptors (Lipinski definition) is 3. The molecule has 24 heavy (non-hydrogen) atoms. The number of nitrogens with zero attached hydrogens (tertiary/aromatic N) is 2. The van der Waals surface area contributed by atoms with E-state index in [1.165, 1.54) is 0 Å². The molecular formula is C18H16ClN3O2. The third-order valence-corrected chi connectivity index (χ3v) is 3.81. The van der Waals surface area contributed by atoms with Crippen LogP contribution in [0.4, 0.5) is 5.82 Å². The molecule has 3 aromatic rings. The summed E-state index contributed by atoms with van der Waals surface area (Å²) in [6.45, 7) is 0.544. The molecule has 0 saturated carbocycles. The number of amides is 1. The fourth-order valence-corrected chi connectivity index (χ4v) is 2.38. The van der Waals surface area contributed by atoms with Gasteiger partial charge in [0.2, 0.25) is 0 Å². The first-order valence-corrected chi connectivity index (χ1v) is 7.75. The smallest absolute Gasteiger partial charge is 0.256 e. The van der Waals surface area contributed by atoms with Crippen molar-refractivity contribution in [1.29, 1.82) is 0 Å². The van der Waals surface area contributed by atoms with Gasteiger partial charge in [0.25, 0.3) is 5.91 Å². The van der Waals surface area contributed by atoms with E-state index in [9.17, 15) is 4.79 Å². The van der Waals surface area contributed by atoms with E-state index in [1.54, 1.807) is 48.3 Å². The molecule has 0 aliphatic rings. The van der Waals surface area contributed by atoms with E-state index in [2.05, 4.69) is 10.4 Å². The van der Waals surface area contributed by atoms with Gasteiger partial charge in [-0.25, -0.2) is 4.68 Å². The Labute approximate surface area is 144 Å². The molecule has 0 atom stereocenters. The predicted molar refractivity (Wildman–Crippen MR) is 93.7 cm³/mol. The minimum Gasteiger partial charge on any atom is -0.497 e. The Morgan fingerprint density at radius 1 is 1.12 bits per heavy atom. The summed E-state index contributed by atoms with van der Waals surface area (Å²) >= 11 is 5.89. The molecule has 5 nitrogen and oxygen atoms in total. The summed E-state index contributed by atoms with van der Waals surface area (Å²) in [5, 5.41) is 7.81. The summed E-state index contributed by atoms with van der Waals surface area (Å²) in [4.78, 5) is 12.4. The molecule has 1 N–H and O–H groups in total. The van der Waals surface area contributed by atoms with E-state index in [1.807, 2.05) is 24.3 Å². The Balaban J connectivity index is 1.72. The molecule has 1 amide bonds. The second-order valence-electron chi connectivity index (χ2n) is 5.18. The van der Waals surface area contributed by atoms with Gasteiger partial charge in [-0.2, -0.15) is 5.10 Å². The number of hydrogen-bond donors (Lipinski definition) is 1. The van der Waals surface area contributed by atoms with Crippen LogP contribution in [-0.2, 0) is 6.54 Å². The number of ether oxygens (including phenoxy) is 1. The first-order valence-electron chi connectivity index (χ1n) is 7.37. The average Bonchev–Trinajstić information content (AvgIpc) is 3.03. The van der Waals surface area contributed by atoms with Gasteiger partial charge in [-0.1, -0.05) is 23.7 Å². The number of methoxy groups -OCH3 is 1. The molecule has 6 heteroatoms. The zero-order chi connectivity index (χ0) is 16.9. The maximum absolute atomic E-state index is 12.4. The lowest BCUT2D eigenvalue weighted by atomic mass is 10.2. The lowest BCUT2D eigenvalue weighted by Crippen LogP contribution is -2.16. The largest absolute Gasteiger partial charge is 0.497 e. The Morgan fingerprint density at radius 2 is 1.83 bits per heavy atom. The van der Waals surface area contributed by atoms with Gasteiger partial charge in [0.15, 0.2) is 0 Å². The van der Waals surface area contributed by atoms with E-state index in [0.29, 0.717) is 28.7 Å². The fraction of sp³-hybridized carbons (Fsp3) is 0.111. The van der Waals surface area contributed by atoms with Gasteiger partial charge in [0.1, 0.15) is 11.6 Å². The van der Waals surface area contributed by atoms with Gasteiger partial charge >= 0.3 is 0 Å². The summed E-state index contributed by atoms with van der Waals surface area (Å²) in [5.41, 5.74) is 1.60. The summed E-state index contributed by atoms with van der Waals surface area (Å²) in [5.74, 6) is 1.14. The first kappa shape index (κ1) is 16.1. The van der Waals surface area contributed by atoms with Crippen LogP contribution < -0.4 is 10.1 Å². The van der Waals surface area contributed by atoms with Crippen LogP contribution in [0, 0.1) is 0 Å². The van der Waals surface area contributed by atoms with Gasteiger partial charge in [-0.15, -0.1) is 0 Å². The lowest BCUT2D eigenvalue weighted by molar-refractivity contribution is 0.102. The SMILES string of the molecule is COc1ccc(C(=O)Nc2ccnn2Cc2ccc(Cl)cc2)cc1. The van der Waals surface area contributed by atoms with Crippen molar-refractivity contribution in [3.05, 3.63) is 76.9 Å². The molecule has 0 bridgehead atoms. The van der Waals surface area contributed by atoms with Crippen molar-refractivity contribution < 1.29 is 9.53 Å². The maximum Gasteiger partial charge on any atom is 0.256 e. The van der Waals surface area contributed by atoms with E-state index in [4.69, 9.17) is 16.3 Å². The van der Waals surface area contributed by atoms with Crippen molar-refractivity contribution in [3.8, 4) is 5.75 Å². The minimum absolute atomic E-state index is 0.199. The second kappa shape index (κ2) is 7.19. The molecule has 0 spiro atoms. The van der Waals surface area contributed by atoms with Crippen molar-refractivity contribution in [2.45, 2.75) is 6.54 Å². The van der Waals surface area contributed by atoms with Crippen molar-refractivity contribution in [1.82, 2.24) is 9.78 Å². The number of anilines is 1. The summed E-state index contributed by atoms with van der Waals surface area (Å²) in [6.07, 6.45) is 1.65. The number of benzene rings is 2. The van der Waals surface area contributed by atoms with E-state index in [0.717, 1.165) is 5.56 Å². The van der Waals surface area contributed by atoms with Crippen LogP contribution in [0.25, 0.3) is 0 Å². The Kier molecular flexibility index (Phi) is 4.82. The third-order valence-electron chi connectivity index (χ3n) is 3.56. The minimum atomic E-state index is -0.199. The van der Waals surface area contributed by atoms with Gasteiger partial charge in [-0.3, -0.25) is 4.79 Å². The van der Waals surface area contributed by atoms with Crippen LogP contribution >= 0.6 is 11.6 Å². The highest BCUT2D eigenvalue weighted by molar-refractivity contribution is 6.30. The van der Waals surface area contributed by atoms with Gasteiger partial charge in [0.05, 0.1) is 19.9 Å². The normalized spacial score (nSPS) is 10.4. The van der Waals surface area contributed by atoms with Crippen molar-refractivity contribution in [2.24, 2.45) is 0 Å². The average molecular weight is 342 g/mol. The number of rotatable bonds is 5. The van der Waals surface area contributed by atoms with Gasteiger partial charge in [0, 0.05) is 16.7 Å². The van der Waals surface area contributed by atoms with Gasteiger partial charge in [-0.05, 0) is 42.0 Å². The molecular weight excluding hydrogens is 326 g/mol. The second-order valence-corrected chi connectivity index (χ2v) is 5.62. The molecule has 3 rings (SSSR count). The van der Waals surface area contributed by atoms with Gasteiger partial charge < -0.3 is 10.1 Å². The highest BCUT2D eigenvalue weighted by atomic mass is 35.5. The quantitative estimate of drug-likeness (QED) is 0.767. The van der Waals surface area contributed by atoms with E-state index in [-0.39, 0.29) is 5.91 Å². The molecule has 0 aliphatic heterocycles. The van der Waals surface area contributed by atoms with Crippen LogP contribution in [0.3, 0.4) is 0 Å². The predicted octanol–water partition coefficient (Wildman–Crippen LogP) is 3.85. The van der Waals surface area contributed by atoms with Crippen molar-refractivity contribution >= 4 is 23.3 Å². The molecule has 1 heterocycles. The molecule has 0 unspecified atom stereocenters. The number of aromatic nitrogens is 2. The molecule has 122 valence electrons. The Bertz CT molecular complexity index is 826. The third kappa shape index (κ3) is 3.75. The van der Waals surface area contributed by atoms with Crippen LogP contribution in [0.1, 0.15) is 15.9 Å². The maximum atomic E-state index is 12.4. The van der Waals surface area contributed by atoms with Crippen molar-refractivity contribution in [2.75, 3.05) is 12.4 Å². The zero-order valence-corrected chi connectivity index (χ0v) is 13.8. The standard InChI is InChI=1S/C18H16ClN3O2/c1-24-16-8-4-14(5-9-16)18(23)21-17-10-11-20-22(17)12-13-2-6-15(19)7-3-13/h2-11H,12H2,1H3,(H,21,23). The topological polar surface area (TPSA) is 56.1 Å². The molecule has 0 saturated heterocycles. The number of carbonyl (C=O) groups excluding carboxylic acids is 1. The van der Waals surface area contributed by atoms with E-state index < -0.39 is 0 Å². The molecule has 0 fully saturated rings.